The Morgan fingerprint density at radius 2 is 2.00 bits per heavy atom. The molecule has 94 valence electrons. The molecule has 1 N–H and O–H groups in total. The summed E-state index contributed by atoms with van der Waals surface area (Å²) in [4.78, 5) is 0. The lowest BCUT2D eigenvalue weighted by Gasteiger charge is -2.30. The van der Waals surface area contributed by atoms with Crippen LogP contribution in [0.4, 0.5) is 4.39 Å². The van der Waals surface area contributed by atoms with Gasteiger partial charge in [-0.2, -0.15) is 0 Å². The van der Waals surface area contributed by atoms with Gasteiger partial charge < -0.3 is 5.11 Å². The van der Waals surface area contributed by atoms with Gasteiger partial charge >= 0.3 is 0 Å². The monoisotopic (exact) mass is 256 g/mol. The largest absolute Gasteiger partial charge is 0.396 e. The molecule has 0 bridgehead atoms. The second-order valence-corrected chi connectivity index (χ2v) is 5.23. The third-order valence-corrected chi connectivity index (χ3v) is 4.12. The van der Waals surface area contributed by atoms with Gasteiger partial charge in [0.15, 0.2) is 0 Å². The second-order valence-electron chi connectivity index (χ2n) is 4.82. The minimum atomic E-state index is -0.290. The summed E-state index contributed by atoms with van der Waals surface area (Å²) in [7, 11) is 0. The highest BCUT2D eigenvalue weighted by Crippen LogP contribution is 2.39. The molecule has 0 radical (unpaired) electrons. The van der Waals surface area contributed by atoms with E-state index in [9.17, 15) is 9.50 Å². The van der Waals surface area contributed by atoms with Gasteiger partial charge in [-0.1, -0.05) is 36.9 Å². The fourth-order valence-electron chi connectivity index (χ4n) is 2.88. The van der Waals surface area contributed by atoms with Crippen LogP contribution >= 0.6 is 11.6 Å². The predicted octanol–water partition coefficient (Wildman–Crippen LogP) is 4.14. The molecule has 1 aliphatic carbocycles. The molecular weight excluding hydrogens is 239 g/mol. The average molecular weight is 257 g/mol. The molecule has 1 fully saturated rings. The molecule has 2 rings (SSSR count). The van der Waals surface area contributed by atoms with Gasteiger partial charge in [-0.15, -0.1) is 0 Å². The maximum Gasteiger partial charge on any atom is 0.128 e. The summed E-state index contributed by atoms with van der Waals surface area (Å²) in [6.07, 6.45) is 5.73. The zero-order valence-corrected chi connectivity index (χ0v) is 10.6. The summed E-state index contributed by atoms with van der Waals surface area (Å²) in [5.41, 5.74) is 0.503. The first-order chi connectivity index (χ1) is 8.24. The second kappa shape index (κ2) is 5.83. The van der Waals surface area contributed by atoms with E-state index in [4.69, 9.17) is 11.6 Å². The van der Waals surface area contributed by atoms with Crippen molar-refractivity contribution in [3.63, 3.8) is 0 Å². The Bertz CT molecular complexity index is 354. The van der Waals surface area contributed by atoms with Crippen molar-refractivity contribution < 1.29 is 9.50 Å². The smallest absolute Gasteiger partial charge is 0.128 e. The van der Waals surface area contributed by atoms with Crippen LogP contribution in [0.2, 0.25) is 5.02 Å². The van der Waals surface area contributed by atoms with Gasteiger partial charge in [-0.3, -0.25) is 0 Å². The molecule has 0 aromatic heterocycles. The summed E-state index contributed by atoms with van der Waals surface area (Å²) in [6, 6.07) is 4.73. The van der Waals surface area contributed by atoms with Crippen molar-refractivity contribution in [2.75, 3.05) is 6.61 Å². The lowest BCUT2D eigenvalue weighted by atomic mass is 9.77. The maximum absolute atomic E-state index is 13.8. The van der Waals surface area contributed by atoms with Crippen LogP contribution in [0.5, 0.6) is 0 Å². The topological polar surface area (TPSA) is 20.2 Å². The highest BCUT2D eigenvalue weighted by molar-refractivity contribution is 6.31. The van der Waals surface area contributed by atoms with Gasteiger partial charge in [0.25, 0.3) is 0 Å². The summed E-state index contributed by atoms with van der Waals surface area (Å²) in [5, 5.41) is 9.99. The quantitative estimate of drug-likeness (QED) is 0.862. The summed E-state index contributed by atoms with van der Waals surface area (Å²) < 4.78 is 13.8. The lowest BCUT2D eigenvalue weighted by Crippen LogP contribution is -2.20. The van der Waals surface area contributed by atoms with Crippen LogP contribution in [0.3, 0.4) is 0 Å². The Morgan fingerprint density at radius 3 is 2.59 bits per heavy atom. The zero-order valence-electron chi connectivity index (χ0n) is 9.83. The van der Waals surface area contributed by atoms with Crippen molar-refractivity contribution in [1.29, 1.82) is 0 Å². The van der Waals surface area contributed by atoms with Gasteiger partial charge in [0.05, 0.1) is 6.61 Å². The number of hydrogen-bond donors (Lipinski definition) is 1. The van der Waals surface area contributed by atoms with E-state index in [1.165, 1.54) is 25.3 Å². The summed E-state index contributed by atoms with van der Waals surface area (Å²) >= 11 is 6.07. The molecule has 0 saturated heterocycles. The average Bonchev–Trinajstić information content (AvgIpc) is 2.35. The van der Waals surface area contributed by atoms with E-state index in [1.807, 2.05) is 0 Å². The van der Waals surface area contributed by atoms with Gasteiger partial charge in [0.1, 0.15) is 5.82 Å². The Kier molecular flexibility index (Phi) is 4.41. The molecule has 1 nitrogen and oxygen atoms in total. The van der Waals surface area contributed by atoms with E-state index in [2.05, 4.69) is 0 Å². The molecule has 1 aromatic carbocycles. The van der Waals surface area contributed by atoms with E-state index < -0.39 is 0 Å². The van der Waals surface area contributed by atoms with Crippen molar-refractivity contribution in [1.82, 2.24) is 0 Å². The fourth-order valence-corrected chi connectivity index (χ4v) is 3.18. The van der Waals surface area contributed by atoms with Crippen molar-refractivity contribution in [2.24, 2.45) is 5.92 Å². The van der Waals surface area contributed by atoms with E-state index in [0.29, 0.717) is 16.5 Å². The molecule has 0 amide bonds. The van der Waals surface area contributed by atoms with E-state index in [-0.39, 0.29) is 18.3 Å². The molecular formula is C14H18ClFO. The minimum Gasteiger partial charge on any atom is -0.396 e. The Morgan fingerprint density at radius 1 is 1.29 bits per heavy atom. The number of rotatable bonds is 3. The number of hydrogen-bond acceptors (Lipinski definition) is 1. The third kappa shape index (κ3) is 2.80. The van der Waals surface area contributed by atoms with Crippen LogP contribution in [0.15, 0.2) is 18.2 Å². The van der Waals surface area contributed by atoms with Gasteiger partial charge in [-0.05, 0) is 30.9 Å². The van der Waals surface area contributed by atoms with Crippen molar-refractivity contribution >= 4 is 11.6 Å². The van der Waals surface area contributed by atoms with Gasteiger partial charge in [0.2, 0.25) is 0 Å². The van der Waals surface area contributed by atoms with Crippen LogP contribution in [-0.2, 0) is 0 Å². The van der Waals surface area contributed by atoms with E-state index >= 15 is 0 Å². The molecule has 0 aliphatic heterocycles. The minimum absolute atomic E-state index is 0.0225. The number of aliphatic hydroxyl groups is 1. The molecule has 0 heterocycles. The van der Waals surface area contributed by atoms with E-state index in [1.54, 1.807) is 12.1 Å². The van der Waals surface area contributed by atoms with Crippen molar-refractivity contribution in [3.05, 3.63) is 34.6 Å². The fraction of sp³-hybridized carbons (Fsp3) is 0.571. The molecule has 1 unspecified atom stereocenters. The SMILES string of the molecule is OCC(c1c(F)cccc1Cl)C1CCCCC1. The predicted molar refractivity (Wildman–Crippen MR) is 67.8 cm³/mol. The molecule has 1 aromatic rings. The highest BCUT2D eigenvalue weighted by Gasteiger charge is 2.28. The molecule has 0 spiro atoms. The first-order valence-electron chi connectivity index (χ1n) is 6.28. The van der Waals surface area contributed by atoms with Crippen LogP contribution in [0.1, 0.15) is 43.6 Å². The molecule has 17 heavy (non-hydrogen) atoms. The normalized spacial score (nSPS) is 19.2. The number of halogens is 2. The molecule has 1 aliphatic rings. The Balaban J connectivity index is 2.27. The first kappa shape index (κ1) is 12.8. The third-order valence-electron chi connectivity index (χ3n) is 3.79. The van der Waals surface area contributed by atoms with Gasteiger partial charge in [0, 0.05) is 16.5 Å². The standard InChI is InChI=1S/C14H18ClFO/c15-12-7-4-8-13(16)14(12)11(9-17)10-5-2-1-3-6-10/h4,7-8,10-11,17H,1-3,5-6,9H2. The highest BCUT2D eigenvalue weighted by atomic mass is 35.5. The summed E-state index contributed by atoms with van der Waals surface area (Å²) in [6.45, 7) is -0.0225. The Labute approximate surface area is 107 Å². The van der Waals surface area contributed by atoms with Crippen LogP contribution in [0, 0.1) is 11.7 Å². The number of benzene rings is 1. The van der Waals surface area contributed by atoms with Crippen LogP contribution in [-0.4, -0.2) is 11.7 Å². The molecule has 1 atom stereocenters. The molecule has 3 heteroatoms. The molecule has 1 saturated carbocycles. The van der Waals surface area contributed by atoms with Crippen molar-refractivity contribution in [2.45, 2.75) is 38.0 Å². The number of aliphatic hydroxyl groups excluding tert-OH is 1. The summed E-state index contributed by atoms with van der Waals surface area (Å²) in [5.74, 6) is -0.0747. The van der Waals surface area contributed by atoms with Crippen LogP contribution in [0.25, 0.3) is 0 Å². The van der Waals surface area contributed by atoms with Crippen molar-refractivity contribution in [3.8, 4) is 0 Å². The lowest BCUT2D eigenvalue weighted by molar-refractivity contribution is 0.193. The van der Waals surface area contributed by atoms with Gasteiger partial charge in [-0.25, -0.2) is 4.39 Å². The zero-order chi connectivity index (χ0) is 12.3. The maximum atomic E-state index is 13.8. The van der Waals surface area contributed by atoms with E-state index in [0.717, 1.165) is 12.8 Å². The van der Waals surface area contributed by atoms with Crippen LogP contribution < -0.4 is 0 Å². The first-order valence-corrected chi connectivity index (χ1v) is 6.66. The Hall–Kier alpha value is -0.600.